The summed E-state index contributed by atoms with van der Waals surface area (Å²) in [5.74, 6) is 1.60. The van der Waals surface area contributed by atoms with Gasteiger partial charge in [0.1, 0.15) is 29.1 Å². The first-order chi connectivity index (χ1) is 20.8. The van der Waals surface area contributed by atoms with E-state index in [9.17, 15) is 13.9 Å². The van der Waals surface area contributed by atoms with E-state index in [0.29, 0.717) is 47.7 Å². The number of rotatable bonds is 3. The van der Waals surface area contributed by atoms with Crippen LogP contribution in [0.3, 0.4) is 0 Å². The van der Waals surface area contributed by atoms with Gasteiger partial charge < -0.3 is 19.5 Å². The molecule has 5 aliphatic rings. The van der Waals surface area contributed by atoms with Crippen molar-refractivity contribution in [1.82, 2.24) is 14.9 Å². The van der Waals surface area contributed by atoms with Gasteiger partial charge in [-0.2, -0.15) is 9.97 Å². The third-order valence-electron chi connectivity index (χ3n) is 8.95. The number of morpholine rings is 1. The van der Waals surface area contributed by atoms with Crippen LogP contribution >= 0.6 is 0 Å². The van der Waals surface area contributed by atoms with Crippen molar-refractivity contribution >= 4 is 27.5 Å². The Balaban J connectivity index is 0.000000283. The number of phenols is 1. The second kappa shape index (κ2) is 10.9. The van der Waals surface area contributed by atoms with Crippen LogP contribution in [0.5, 0.6) is 11.8 Å². The molecule has 0 spiro atoms. The van der Waals surface area contributed by atoms with Gasteiger partial charge in [-0.15, -0.1) is 6.42 Å². The van der Waals surface area contributed by atoms with Crippen molar-refractivity contribution in [3.63, 3.8) is 0 Å². The van der Waals surface area contributed by atoms with Crippen molar-refractivity contribution in [3.8, 4) is 35.2 Å². The summed E-state index contributed by atoms with van der Waals surface area (Å²) in [6, 6.07) is 9.53. The molecule has 0 amide bonds. The van der Waals surface area contributed by atoms with E-state index in [-0.39, 0.29) is 46.2 Å². The Labute approximate surface area is 247 Å². The Kier molecular flexibility index (Phi) is 7.02. The highest BCUT2D eigenvalue weighted by atomic mass is 19.1. The zero-order chi connectivity index (χ0) is 29.8. The summed E-state index contributed by atoms with van der Waals surface area (Å²) >= 11 is 0. The van der Waals surface area contributed by atoms with Gasteiger partial charge in [0.2, 0.25) is 0 Å². The van der Waals surface area contributed by atoms with Gasteiger partial charge in [-0.1, -0.05) is 18.1 Å². The maximum Gasteiger partial charge on any atom is 0.318 e. The van der Waals surface area contributed by atoms with Crippen LogP contribution in [0.15, 0.2) is 36.4 Å². The fraction of sp³-hybridized carbons (Fsp3) is 0.394. The number of piperidine rings is 1. The molecule has 3 aromatic carbocycles. The topological polar surface area (TPSA) is 71.0 Å². The van der Waals surface area contributed by atoms with Gasteiger partial charge in [-0.3, -0.25) is 4.90 Å². The molecule has 4 atom stereocenters. The first-order valence-electron chi connectivity index (χ1n) is 14.6. The molecule has 43 heavy (non-hydrogen) atoms. The van der Waals surface area contributed by atoms with Crippen molar-refractivity contribution in [3.05, 3.63) is 53.6 Å². The van der Waals surface area contributed by atoms with Gasteiger partial charge in [0.05, 0.1) is 24.9 Å². The van der Waals surface area contributed by atoms with E-state index >= 15 is 4.39 Å². The molecule has 222 valence electrons. The molecule has 5 fully saturated rings. The Bertz CT molecular complexity index is 1750. The minimum Gasteiger partial charge on any atom is -0.508 e. The monoisotopic (exact) mass is 588 g/mol. The van der Waals surface area contributed by atoms with Gasteiger partial charge in [-0.25, -0.2) is 13.2 Å². The van der Waals surface area contributed by atoms with Gasteiger partial charge >= 0.3 is 6.01 Å². The number of halogens is 3. The molecule has 7 nitrogen and oxygen atoms in total. The maximum absolute atomic E-state index is 16.1. The third kappa shape index (κ3) is 4.90. The number of alkyl halides is 1. The number of phenolic OH excluding ortho intramolecular Hbond substituents is 1. The zero-order valence-electron chi connectivity index (χ0n) is 23.7. The number of methoxy groups -OCH3 is 1. The molecule has 9 rings (SSSR count). The molecule has 0 saturated carbocycles. The number of benzene rings is 3. The Morgan fingerprint density at radius 1 is 1.05 bits per heavy atom. The summed E-state index contributed by atoms with van der Waals surface area (Å²) in [7, 11) is 1.42. The number of aromatic nitrogens is 2. The van der Waals surface area contributed by atoms with Crippen molar-refractivity contribution in [2.45, 2.75) is 50.1 Å². The highest BCUT2D eigenvalue weighted by molar-refractivity contribution is 6.04. The molecule has 0 aliphatic carbocycles. The molecule has 6 heterocycles. The lowest BCUT2D eigenvalue weighted by Gasteiger charge is -2.47. The lowest BCUT2D eigenvalue weighted by Crippen LogP contribution is -2.57. The average Bonchev–Trinajstić information content (AvgIpc) is 3.58. The number of ether oxygens (including phenoxy) is 2. The van der Waals surface area contributed by atoms with E-state index in [2.05, 4.69) is 25.7 Å². The molecular formula is C33H31F3N4O3. The SMILES string of the molecule is C#Cc1c(F)ccc2cc(O)cc(-c3ccc4c(N5CC6CC(C5)O6)nc(OC)nc4c3F)c12.FC1CC2CCCN2C1. The zero-order valence-corrected chi connectivity index (χ0v) is 23.7. The van der Waals surface area contributed by atoms with E-state index in [1.807, 2.05) is 0 Å². The summed E-state index contributed by atoms with van der Waals surface area (Å²) in [5.41, 5.74) is 0.468. The fourth-order valence-electron chi connectivity index (χ4n) is 7.00. The van der Waals surface area contributed by atoms with E-state index in [1.165, 1.54) is 44.2 Å². The molecule has 5 saturated heterocycles. The predicted molar refractivity (Wildman–Crippen MR) is 158 cm³/mol. The summed E-state index contributed by atoms with van der Waals surface area (Å²) < 4.78 is 54.2. The molecular weight excluding hydrogens is 557 g/mol. The largest absolute Gasteiger partial charge is 0.508 e. The van der Waals surface area contributed by atoms with Gasteiger partial charge in [0.25, 0.3) is 0 Å². The van der Waals surface area contributed by atoms with Crippen LogP contribution in [0.25, 0.3) is 32.8 Å². The highest BCUT2D eigenvalue weighted by Crippen LogP contribution is 2.41. The predicted octanol–water partition coefficient (Wildman–Crippen LogP) is 5.59. The number of terminal acetylenes is 1. The number of hydrogen-bond acceptors (Lipinski definition) is 7. The first-order valence-corrected chi connectivity index (χ1v) is 14.6. The van der Waals surface area contributed by atoms with Crippen LogP contribution in [0.1, 0.15) is 31.2 Å². The molecule has 1 N–H and O–H groups in total. The minimum atomic E-state index is -0.642. The molecule has 4 unspecified atom stereocenters. The van der Waals surface area contributed by atoms with E-state index in [1.54, 1.807) is 12.1 Å². The first kappa shape index (κ1) is 27.7. The van der Waals surface area contributed by atoms with Crippen LogP contribution in [-0.4, -0.2) is 77.7 Å². The molecule has 1 aromatic heterocycles. The van der Waals surface area contributed by atoms with Crippen LogP contribution in [-0.2, 0) is 4.74 Å². The number of nitrogens with zero attached hydrogens (tertiary/aromatic N) is 4. The molecule has 4 aromatic rings. The smallest absolute Gasteiger partial charge is 0.318 e. The second-order valence-corrected chi connectivity index (χ2v) is 11.7. The van der Waals surface area contributed by atoms with Crippen LogP contribution in [0.4, 0.5) is 19.0 Å². The molecule has 2 bridgehead atoms. The summed E-state index contributed by atoms with van der Waals surface area (Å²) in [4.78, 5) is 13.1. The van der Waals surface area contributed by atoms with Crippen molar-refractivity contribution in [2.75, 3.05) is 38.2 Å². The van der Waals surface area contributed by atoms with E-state index < -0.39 is 17.8 Å². The highest BCUT2D eigenvalue weighted by Gasteiger charge is 2.39. The number of aromatic hydroxyl groups is 1. The van der Waals surface area contributed by atoms with Gasteiger partial charge in [-0.05, 0) is 61.0 Å². The second-order valence-electron chi connectivity index (χ2n) is 11.7. The standard InChI is InChI=1S/C26H19F2N3O3.C7H12FN/c1-3-17-21(27)7-4-13-8-14(32)9-20(22(13)17)18-5-6-19-24(23(18)28)29-26(33-2)30-25(19)31-11-15-10-16(12-31)34-15;8-6-4-7-2-1-3-9(7)5-6/h1,4-9,15-16,32H,10-12H2,2H3;6-7H,1-5H2. The number of hydrogen-bond donors (Lipinski definition) is 1. The van der Waals surface area contributed by atoms with Crippen molar-refractivity contribution < 1.29 is 27.8 Å². The number of anilines is 1. The molecule has 0 radical (unpaired) electrons. The third-order valence-corrected chi connectivity index (χ3v) is 8.95. The normalized spacial score (nSPS) is 24.3. The van der Waals surface area contributed by atoms with Crippen molar-refractivity contribution in [1.29, 1.82) is 0 Å². The quantitative estimate of drug-likeness (QED) is 0.313. The fourth-order valence-corrected chi connectivity index (χ4v) is 7.00. The lowest BCUT2D eigenvalue weighted by molar-refractivity contribution is -0.133. The van der Waals surface area contributed by atoms with E-state index in [0.717, 1.165) is 19.4 Å². The summed E-state index contributed by atoms with van der Waals surface area (Å²) in [6.45, 7) is 3.16. The Hall–Kier alpha value is -4.07. The summed E-state index contributed by atoms with van der Waals surface area (Å²) in [5, 5.41) is 11.7. The van der Waals surface area contributed by atoms with Crippen LogP contribution in [0, 0.1) is 24.0 Å². The van der Waals surface area contributed by atoms with Gasteiger partial charge in [0, 0.05) is 48.4 Å². The lowest BCUT2D eigenvalue weighted by atomic mass is 9.93. The van der Waals surface area contributed by atoms with E-state index in [4.69, 9.17) is 15.9 Å². The van der Waals surface area contributed by atoms with Crippen molar-refractivity contribution in [2.24, 2.45) is 0 Å². The maximum atomic E-state index is 16.1. The Morgan fingerprint density at radius 3 is 2.56 bits per heavy atom. The summed E-state index contributed by atoms with van der Waals surface area (Å²) in [6.07, 6.45) is 9.67. The van der Waals surface area contributed by atoms with Crippen LogP contribution < -0.4 is 9.64 Å². The number of fused-ring (bicyclic) bond motifs is 5. The minimum absolute atomic E-state index is 0.000459. The molecule has 10 heteroatoms. The average molecular weight is 589 g/mol. The van der Waals surface area contributed by atoms with Gasteiger partial charge in [0.15, 0.2) is 5.82 Å². The van der Waals surface area contributed by atoms with Crippen LogP contribution in [0.2, 0.25) is 0 Å². The molecule has 5 aliphatic heterocycles. The Morgan fingerprint density at radius 2 is 1.84 bits per heavy atom.